The van der Waals surface area contributed by atoms with Crippen LogP contribution < -0.4 is 5.32 Å². The second-order valence-electron chi connectivity index (χ2n) is 5.47. The van der Waals surface area contributed by atoms with Gasteiger partial charge in [-0.3, -0.25) is 0 Å². The number of aryl methyl sites for hydroxylation is 1. The smallest absolute Gasteiger partial charge is 0.341 e. The van der Waals surface area contributed by atoms with E-state index in [1.54, 1.807) is 0 Å². The summed E-state index contributed by atoms with van der Waals surface area (Å²) in [6.45, 7) is 2.50. The summed E-state index contributed by atoms with van der Waals surface area (Å²) in [4.78, 5) is 20.0. The summed E-state index contributed by atoms with van der Waals surface area (Å²) in [7, 11) is 0. The Morgan fingerprint density at radius 3 is 2.46 bits per heavy atom. The summed E-state index contributed by atoms with van der Waals surface area (Å²) < 4.78 is 0. The Hall–Kier alpha value is -3.21. The van der Waals surface area contributed by atoms with Gasteiger partial charge in [-0.1, -0.05) is 60.2 Å². The van der Waals surface area contributed by atoms with E-state index in [0.717, 1.165) is 16.7 Å². The molecule has 0 spiro atoms. The summed E-state index contributed by atoms with van der Waals surface area (Å²) >= 11 is 0. The van der Waals surface area contributed by atoms with Crippen molar-refractivity contribution in [1.29, 1.82) is 0 Å². The molecule has 0 aliphatic carbocycles. The summed E-state index contributed by atoms with van der Waals surface area (Å²) in [5.74, 6) is -0.242. The molecule has 0 saturated heterocycles. The van der Waals surface area contributed by atoms with Gasteiger partial charge in [0.2, 0.25) is 0 Å². The first kappa shape index (κ1) is 15.7. The SMILES string of the molecule is Cc1ccc(-c2ncc(C(=O)O)c(NCc3ccccc3)n2)cc1. The quantitative estimate of drug-likeness (QED) is 0.749. The van der Waals surface area contributed by atoms with Gasteiger partial charge in [0.1, 0.15) is 11.4 Å². The lowest BCUT2D eigenvalue weighted by Gasteiger charge is -2.10. The lowest BCUT2D eigenvalue weighted by molar-refractivity contribution is 0.0697. The third-order valence-corrected chi connectivity index (χ3v) is 3.63. The fraction of sp³-hybridized carbons (Fsp3) is 0.105. The fourth-order valence-corrected chi connectivity index (χ4v) is 2.30. The van der Waals surface area contributed by atoms with E-state index in [-0.39, 0.29) is 5.56 Å². The first-order valence-corrected chi connectivity index (χ1v) is 7.58. The molecule has 120 valence electrons. The molecule has 0 saturated carbocycles. The van der Waals surface area contributed by atoms with Gasteiger partial charge in [0, 0.05) is 18.3 Å². The van der Waals surface area contributed by atoms with Gasteiger partial charge in [-0.05, 0) is 12.5 Å². The van der Waals surface area contributed by atoms with E-state index in [0.29, 0.717) is 18.2 Å². The maximum atomic E-state index is 11.4. The number of hydrogen-bond donors (Lipinski definition) is 2. The number of carbonyl (C=O) groups is 1. The van der Waals surface area contributed by atoms with E-state index in [4.69, 9.17) is 0 Å². The molecule has 0 unspecified atom stereocenters. The topological polar surface area (TPSA) is 75.1 Å². The fourth-order valence-electron chi connectivity index (χ4n) is 2.30. The highest BCUT2D eigenvalue weighted by Gasteiger charge is 2.14. The van der Waals surface area contributed by atoms with Crippen LogP contribution in [0.2, 0.25) is 0 Å². The van der Waals surface area contributed by atoms with Gasteiger partial charge in [0.05, 0.1) is 0 Å². The highest BCUT2D eigenvalue weighted by molar-refractivity contribution is 5.93. The number of rotatable bonds is 5. The predicted molar refractivity (Wildman–Crippen MR) is 92.9 cm³/mol. The number of anilines is 1. The van der Waals surface area contributed by atoms with Gasteiger partial charge in [-0.25, -0.2) is 14.8 Å². The van der Waals surface area contributed by atoms with Crippen LogP contribution >= 0.6 is 0 Å². The van der Waals surface area contributed by atoms with Gasteiger partial charge in [0.15, 0.2) is 5.82 Å². The van der Waals surface area contributed by atoms with E-state index in [2.05, 4.69) is 15.3 Å². The van der Waals surface area contributed by atoms with Crippen molar-refractivity contribution in [2.24, 2.45) is 0 Å². The second kappa shape index (κ2) is 6.91. The molecule has 0 fully saturated rings. The van der Waals surface area contributed by atoms with Crippen LogP contribution in [0.1, 0.15) is 21.5 Å². The molecular formula is C19H17N3O2. The number of benzene rings is 2. The Labute approximate surface area is 140 Å². The summed E-state index contributed by atoms with van der Waals surface area (Å²) in [5.41, 5.74) is 3.09. The van der Waals surface area contributed by atoms with E-state index >= 15 is 0 Å². The molecule has 3 rings (SSSR count). The molecule has 1 heterocycles. The number of nitrogens with zero attached hydrogens (tertiary/aromatic N) is 2. The maximum absolute atomic E-state index is 11.4. The van der Waals surface area contributed by atoms with Gasteiger partial charge >= 0.3 is 5.97 Å². The molecule has 0 amide bonds. The molecular weight excluding hydrogens is 302 g/mol. The zero-order chi connectivity index (χ0) is 16.9. The zero-order valence-corrected chi connectivity index (χ0v) is 13.2. The highest BCUT2D eigenvalue weighted by atomic mass is 16.4. The average Bonchev–Trinajstić information content (AvgIpc) is 2.61. The Kier molecular flexibility index (Phi) is 4.52. The Morgan fingerprint density at radius 2 is 1.79 bits per heavy atom. The maximum Gasteiger partial charge on any atom is 0.341 e. The number of hydrogen-bond acceptors (Lipinski definition) is 4. The van der Waals surface area contributed by atoms with Crippen molar-refractivity contribution < 1.29 is 9.90 Å². The normalized spacial score (nSPS) is 10.4. The number of aromatic nitrogens is 2. The minimum absolute atomic E-state index is 0.0572. The van der Waals surface area contributed by atoms with Crippen LogP contribution in [0.5, 0.6) is 0 Å². The molecule has 2 N–H and O–H groups in total. The minimum atomic E-state index is -1.05. The van der Waals surface area contributed by atoms with Crippen molar-refractivity contribution in [2.75, 3.05) is 5.32 Å². The van der Waals surface area contributed by atoms with Crippen molar-refractivity contribution in [3.05, 3.63) is 77.5 Å². The lowest BCUT2D eigenvalue weighted by atomic mass is 10.1. The Morgan fingerprint density at radius 1 is 1.08 bits per heavy atom. The van der Waals surface area contributed by atoms with Crippen LogP contribution in [0, 0.1) is 6.92 Å². The van der Waals surface area contributed by atoms with Crippen molar-refractivity contribution in [3.8, 4) is 11.4 Å². The largest absolute Gasteiger partial charge is 0.477 e. The second-order valence-corrected chi connectivity index (χ2v) is 5.47. The Balaban J connectivity index is 1.91. The molecule has 0 aliphatic rings. The van der Waals surface area contributed by atoms with Crippen LogP contribution in [0.3, 0.4) is 0 Å². The molecule has 0 aliphatic heterocycles. The van der Waals surface area contributed by atoms with Crippen molar-refractivity contribution in [3.63, 3.8) is 0 Å². The molecule has 0 atom stereocenters. The van der Waals surface area contributed by atoms with Crippen molar-refractivity contribution >= 4 is 11.8 Å². The predicted octanol–water partition coefficient (Wildman–Crippen LogP) is 3.76. The molecule has 24 heavy (non-hydrogen) atoms. The number of aromatic carboxylic acids is 1. The average molecular weight is 319 g/mol. The lowest BCUT2D eigenvalue weighted by Crippen LogP contribution is -2.10. The van der Waals surface area contributed by atoms with E-state index in [1.165, 1.54) is 6.20 Å². The van der Waals surface area contributed by atoms with Gasteiger partial charge in [-0.15, -0.1) is 0 Å². The first-order valence-electron chi connectivity index (χ1n) is 7.58. The standard InChI is InChI=1S/C19H17N3O2/c1-13-7-9-15(10-8-13)17-21-12-16(19(23)24)18(22-17)20-11-14-5-3-2-4-6-14/h2-10,12H,11H2,1H3,(H,23,24)(H,20,21,22). The van der Waals surface area contributed by atoms with Crippen LogP contribution in [0.25, 0.3) is 11.4 Å². The molecule has 0 radical (unpaired) electrons. The van der Waals surface area contributed by atoms with Gasteiger partial charge < -0.3 is 10.4 Å². The monoisotopic (exact) mass is 319 g/mol. The van der Waals surface area contributed by atoms with E-state index in [9.17, 15) is 9.90 Å². The molecule has 5 nitrogen and oxygen atoms in total. The summed E-state index contributed by atoms with van der Waals surface area (Å²) in [6.07, 6.45) is 1.35. The molecule has 5 heteroatoms. The van der Waals surface area contributed by atoms with Crippen LogP contribution in [-0.4, -0.2) is 21.0 Å². The number of nitrogens with one attached hydrogen (secondary N) is 1. The van der Waals surface area contributed by atoms with Gasteiger partial charge in [0.25, 0.3) is 0 Å². The summed E-state index contributed by atoms with van der Waals surface area (Å²) in [6, 6.07) is 17.5. The van der Waals surface area contributed by atoms with Gasteiger partial charge in [-0.2, -0.15) is 0 Å². The molecule has 3 aromatic rings. The van der Waals surface area contributed by atoms with Crippen LogP contribution in [0.4, 0.5) is 5.82 Å². The molecule has 0 bridgehead atoms. The summed E-state index contributed by atoms with van der Waals surface area (Å²) in [5, 5.41) is 12.4. The first-order chi connectivity index (χ1) is 11.6. The van der Waals surface area contributed by atoms with Crippen molar-refractivity contribution in [1.82, 2.24) is 9.97 Å². The van der Waals surface area contributed by atoms with E-state index in [1.807, 2.05) is 61.5 Å². The molecule has 1 aromatic heterocycles. The van der Waals surface area contributed by atoms with Crippen LogP contribution in [-0.2, 0) is 6.54 Å². The number of carboxylic acid groups (broad SMARTS) is 1. The van der Waals surface area contributed by atoms with Crippen LogP contribution in [0.15, 0.2) is 60.8 Å². The third-order valence-electron chi connectivity index (χ3n) is 3.63. The molecule has 2 aromatic carbocycles. The highest BCUT2D eigenvalue weighted by Crippen LogP contribution is 2.20. The number of carboxylic acids is 1. The zero-order valence-electron chi connectivity index (χ0n) is 13.2. The van der Waals surface area contributed by atoms with Crippen molar-refractivity contribution in [2.45, 2.75) is 13.5 Å². The Bertz CT molecular complexity index is 846. The van der Waals surface area contributed by atoms with E-state index < -0.39 is 5.97 Å². The minimum Gasteiger partial charge on any atom is -0.477 e. The third kappa shape index (κ3) is 3.57.